The predicted molar refractivity (Wildman–Crippen MR) is 86.7 cm³/mol. The maximum Gasteiger partial charge on any atom is 0.224 e. The summed E-state index contributed by atoms with van der Waals surface area (Å²) in [5.41, 5.74) is 0. The van der Waals surface area contributed by atoms with Gasteiger partial charge < -0.3 is 15.5 Å². The zero-order valence-corrected chi connectivity index (χ0v) is 13.7. The van der Waals surface area contributed by atoms with E-state index in [0.717, 1.165) is 32.5 Å². The minimum absolute atomic E-state index is 0.554. The van der Waals surface area contributed by atoms with Crippen molar-refractivity contribution < 1.29 is 0 Å². The lowest BCUT2D eigenvalue weighted by Crippen LogP contribution is -2.32. The maximum atomic E-state index is 6.11. The molecule has 1 atom stereocenters. The first-order valence-corrected chi connectivity index (χ1v) is 7.66. The molecule has 1 unspecified atom stereocenters. The van der Waals surface area contributed by atoms with Crippen molar-refractivity contribution in [3.05, 3.63) is 11.2 Å². The molecule has 0 aliphatic carbocycles. The van der Waals surface area contributed by atoms with Crippen LogP contribution < -0.4 is 10.6 Å². The molecular weight excluding hydrogens is 274 g/mol. The van der Waals surface area contributed by atoms with Crippen molar-refractivity contribution in [1.82, 2.24) is 14.9 Å². The van der Waals surface area contributed by atoms with Crippen LogP contribution in [-0.4, -0.2) is 47.6 Å². The van der Waals surface area contributed by atoms with E-state index in [-0.39, 0.29) is 0 Å². The molecule has 6 heteroatoms. The lowest BCUT2D eigenvalue weighted by Gasteiger charge is -2.23. The average molecular weight is 300 g/mol. The number of nitrogens with zero attached hydrogens (tertiary/aromatic N) is 3. The van der Waals surface area contributed by atoms with Gasteiger partial charge >= 0.3 is 0 Å². The van der Waals surface area contributed by atoms with Crippen molar-refractivity contribution in [2.45, 2.75) is 39.7 Å². The summed E-state index contributed by atoms with van der Waals surface area (Å²) < 4.78 is 0. The number of likely N-dealkylation sites (N-methyl/N-ethyl adjacent to an activating group) is 1. The molecule has 0 aliphatic heterocycles. The Hall–Kier alpha value is -1.07. The van der Waals surface area contributed by atoms with E-state index in [1.807, 2.05) is 0 Å². The lowest BCUT2D eigenvalue weighted by molar-refractivity contribution is 0.261. The zero-order chi connectivity index (χ0) is 15.0. The Labute approximate surface area is 127 Å². The molecule has 20 heavy (non-hydrogen) atoms. The standard InChI is InChI=1S/C14H26ClN5/c1-5-7-17-14-18-10-12(15)13(19-14)16-8-9-20(4)11(3)6-2/h10-11H,5-9H2,1-4H3,(H2,16,17,18,19). The highest BCUT2D eigenvalue weighted by Crippen LogP contribution is 2.19. The molecule has 0 fully saturated rings. The summed E-state index contributed by atoms with van der Waals surface area (Å²) in [5, 5.41) is 6.99. The highest BCUT2D eigenvalue weighted by Gasteiger charge is 2.08. The molecule has 0 saturated carbocycles. The summed E-state index contributed by atoms with van der Waals surface area (Å²) in [6.07, 6.45) is 3.82. The van der Waals surface area contributed by atoms with Crippen LogP contribution in [0, 0.1) is 0 Å². The molecular formula is C14H26ClN5. The van der Waals surface area contributed by atoms with Gasteiger partial charge in [0.15, 0.2) is 5.82 Å². The number of aromatic nitrogens is 2. The first-order chi connectivity index (χ1) is 9.58. The minimum atomic E-state index is 0.554. The summed E-state index contributed by atoms with van der Waals surface area (Å²) in [5.74, 6) is 1.31. The number of anilines is 2. The fourth-order valence-electron chi connectivity index (χ4n) is 1.70. The smallest absolute Gasteiger partial charge is 0.224 e. The summed E-state index contributed by atoms with van der Waals surface area (Å²) >= 11 is 6.11. The minimum Gasteiger partial charge on any atom is -0.367 e. The molecule has 0 saturated heterocycles. The van der Waals surface area contributed by atoms with Crippen LogP contribution >= 0.6 is 11.6 Å². The van der Waals surface area contributed by atoms with Crippen molar-refractivity contribution in [2.75, 3.05) is 37.3 Å². The van der Waals surface area contributed by atoms with Gasteiger partial charge in [-0.3, -0.25) is 0 Å². The summed E-state index contributed by atoms with van der Waals surface area (Å²) in [4.78, 5) is 10.9. The molecule has 0 spiro atoms. The number of nitrogens with one attached hydrogen (secondary N) is 2. The van der Waals surface area contributed by atoms with Crippen LogP contribution in [0.15, 0.2) is 6.20 Å². The largest absolute Gasteiger partial charge is 0.367 e. The molecule has 0 amide bonds. The molecule has 2 N–H and O–H groups in total. The van der Waals surface area contributed by atoms with Gasteiger partial charge in [0.2, 0.25) is 5.95 Å². The molecule has 0 radical (unpaired) electrons. The Morgan fingerprint density at radius 1 is 1.30 bits per heavy atom. The summed E-state index contributed by atoms with van der Waals surface area (Å²) in [6, 6.07) is 0.583. The van der Waals surface area contributed by atoms with E-state index in [4.69, 9.17) is 11.6 Å². The quantitative estimate of drug-likeness (QED) is 0.734. The van der Waals surface area contributed by atoms with Crippen LogP contribution in [0.2, 0.25) is 5.02 Å². The second-order valence-electron chi connectivity index (χ2n) is 4.98. The Bertz CT molecular complexity index is 399. The van der Waals surface area contributed by atoms with Crippen LogP contribution in [0.4, 0.5) is 11.8 Å². The second-order valence-corrected chi connectivity index (χ2v) is 5.39. The Kier molecular flexibility index (Phi) is 7.62. The van der Waals surface area contributed by atoms with E-state index in [1.54, 1.807) is 6.20 Å². The Morgan fingerprint density at radius 2 is 2.05 bits per heavy atom. The van der Waals surface area contributed by atoms with Crippen LogP contribution in [0.1, 0.15) is 33.6 Å². The molecule has 0 bridgehead atoms. The van der Waals surface area contributed by atoms with Gasteiger partial charge in [0.25, 0.3) is 0 Å². The highest BCUT2D eigenvalue weighted by atomic mass is 35.5. The topological polar surface area (TPSA) is 53.1 Å². The van der Waals surface area contributed by atoms with Crippen molar-refractivity contribution in [1.29, 1.82) is 0 Å². The molecule has 0 aromatic carbocycles. The van der Waals surface area contributed by atoms with Crippen LogP contribution in [0.25, 0.3) is 0 Å². The SMILES string of the molecule is CCCNc1ncc(Cl)c(NCCN(C)C(C)CC)n1. The lowest BCUT2D eigenvalue weighted by atomic mass is 10.2. The van der Waals surface area contributed by atoms with Gasteiger partial charge in [-0.05, 0) is 26.8 Å². The van der Waals surface area contributed by atoms with E-state index in [9.17, 15) is 0 Å². The number of halogens is 1. The van der Waals surface area contributed by atoms with Crippen molar-refractivity contribution in [3.63, 3.8) is 0 Å². The van der Waals surface area contributed by atoms with Crippen molar-refractivity contribution in [3.8, 4) is 0 Å². The van der Waals surface area contributed by atoms with Gasteiger partial charge in [0.1, 0.15) is 5.02 Å². The molecule has 5 nitrogen and oxygen atoms in total. The van der Waals surface area contributed by atoms with Gasteiger partial charge in [0, 0.05) is 25.7 Å². The van der Waals surface area contributed by atoms with Crippen LogP contribution in [-0.2, 0) is 0 Å². The monoisotopic (exact) mass is 299 g/mol. The third-order valence-electron chi connectivity index (χ3n) is 3.38. The average Bonchev–Trinajstić information content (AvgIpc) is 2.46. The van der Waals surface area contributed by atoms with Crippen molar-refractivity contribution >= 4 is 23.4 Å². The van der Waals surface area contributed by atoms with E-state index < -0.39 is 0 Å². The molecule has 1 heterocycles. The van der Waals surface area contributed by atoms with Gasteiger partial charge in [0.05, 0.1) is 6.20 Å². The van der Waals surface area contributed by atoms with E-state index in [1.165, 1.54) is 0 Å². The summed E-state index contributed by atoms with van der Waals surface area (Å²) in [6.45, 7) is 9.15. The predicted octanol–water partition coefficient (Wildman–Crippen LogP) is 3.09. The van der Waals surface area contributed by atoms with Gasteiger partial charge in [-0.25, -0.2) is 4.98 Å². The molecule has 1 rings (SSSR count). The van der Waals surface area contributed by atoms with Gasteiger partial charge in [-0.2, -0.15) is 4.98 Å². The highest BCUT2D eigenvalue weighted by molar-refractivity contribution is 6.32. The van der Waals surface area contributed by atoms with Crippen LogP contribution in [0.3, 0.4) is 0 Å². The van der Waals surface area contributed by atoms with Crippen LogP contribution in [0.5, 0.6) is 0 Å². The van der Waals surface area contributed by atoms with E-state index in [0.29, 0.717) is 22.8 Å². The summed E-state index contributed by atoms with van der Waals surface area (Å²) in [7, 11) is 2.13. The van der Waals surface area contributed by atoms with Crippen molar-refractivity contribution in [2.24, 2.45) is 0 Å². The molecule has 0 aliphatic rings. The molecule has 1 aromatic rings. The first kappa shape index (κ1) is 17.0. The number of rotatable bonds is 9. The first-order valence-electron chi connectivity index (χ1n) is 7.29. The van der Waals surface area contributed by atoms with E-state index >= 15 is 0 Å². The van der Waals surface area contributed by atoms with Gasteiger partial charge in [-0.15, -0.1) is 0 Å². The Balaban J connectivity index is 2.50. The number of hydrogen-bond donors (Lipinski definition) is 2. The van der Waals surface area contributed by atoms with E-state index in [2.05, 4.69) is 53.3 Å². The Morgan fingerprint density at radius 3 is 2.70 bits per heavy atom. The maximum absolute atomic E-state index is 6.11. The second kappa shape index (κ2) is 8.97. The third-order valence-corrected chi connectivity index (χ3v) is 3.65. The zero-order valence-electron chi connectivity index (χ0n) is 12.9. The normalized spacial score (nSPS) is 12.5. The fourth-order valence-corrected chi connectivity index (χ4v) is 1.85. The molecule has 114 valence electrons. The fraction of sp³-hybridized carbons (Fsp3) is 0.714. The number of hydrogen-bond acceptors (Lipinski definition) is 5. The van der Waals surface area contributed by atoms with Gasteiger partial charge in [-0.1, -0.05) is 25.4 Å². The molecule has 1 aromatic heterocycles. The third kappa shape index (κ3) is 5.51.